The topological polar surface area (TPSA) is 32.8 Å². The zero-order valence-electron chi connectivity index (χ0n) is 18.3. The summed E-state index contributed by atoms with van der Waals surface area (Å²) >= 11 is 0. The molecule has 1 saturated heterocycles. The first-order valence-electron chi connectivity index (χ1n) is 10.9. The van der Waals surface area contributed by atoms with Crippen molar-refractivity contribution in [1.29, 1.82) is 0 Å². The molecule has 4 rings (SSSR count). The fourth-order valence-corrected chi connectivity index (χ4v) is 4.25. The summed E-state index contributed by atoms with van der Waals surface area (Å²) in [5.41, 5.74) is 4.14. The van der Waals surface area contributed by atoms with Crippen molar-refractivity contribution >= 4 is 11.6 Å². The second-order valence-corrected chi connectivity index (χ2v) is 8.23. The van der Waals surface area contributed by atoms with E-state index >= 15 is 0 Å². The zero-order chi connectivity index (χ0) is 21.6. The van der Waals surface area contributed by atoms with Crippen molar-refractivity contribution in [1.82, 2.24) is 4.90 Å². The molecular formula is C27H30N2O2. The van der Waals surface area contributed by atoms with Crippen LogP contribution in [0.5, 0.6) is 5.75 Å². The number of likely N-dealkylation sites (tertiary alicyclic amines) is 1. The van der Waals surface area contributed by atoms with Crippen LogP contribution >= 0.6 is 0 Å². The van der Waals surface area contributed by atoms with Crippen LogP contribution in [0.15, 0.2) is 78.9 Å². The minimum atomic E-state index is 0.0617. The number of anilines is 1. The molecule has 1 heterocycles. The molecule has 0 spiro atoms. The lowest BCUT2D eigenvalue weighted by molar-refractivity contribution is 0.0958. The number of amides is 1. The SMILES string of the molecule is COc1ccc(N(C(=O)c2ccc(C)cc2)C2CCN(Cc3ccccc3)CC2)cc1. The Labute approximate surface area is 185 Å². The number of hydrogen-bond acceptors (Lipinski definition) is 3. The van der Waals surface area contributed by atoms with Gasteiger partial charge in [0.05, 0.1) is 7.11 Å². The standard InChI is InChI=1S/C27H30N2O2/c1-21-8-10-23(11-9-21)27(30)29(24-12-14-26(31-2)15-13-24)25-16-18-28(19-17-25)20-22-6-4-3-5-7-22/h3-15,25H,16-20H2,1-2H3. The number of methoxy groups -OCH3 is 1. The number of aryl methyl sites for hydroxylation is 1. The molecule has 31 heavy (non-hydrogen) atoms. The van der Waals surface area contributed by atoms with E-state index in [4.69, 9.17) is 4.74 Å². The largest absolute Gasteiger partial charge is 0.497 e. The highest BCUT2D eigenvalue weighted by Crippen LogP contribution is 2.28. The molecule has 0 bridgehead atoms. The normalized spacial score (nSPS) is 14.9. The van der Waals surface area contributed by atoms with Crippen molar-refractivity contribution in [3.8, 4) is 5.75 Å². The van der Waals surface area contributed by atoms with Gasteiger partial charge in [-0.25, -0.2) is 0 Å². The van der Waals surface area contributed by atoms with Crippen molar-refractivity contribution in [2.75, 3.05) is 25.1 Å². The molecule has 0 aliphatic carbocycles. The van der Waals surface area contributed by atoms with Crippen LogP contribution in [0.3, 0.4) is 0 Å². The molecule has 160 valence electrons. The predicted molar refractivity (Wildman–Crippen MR) is 126 cm³/mol. The van der Waals surface area contributed by atoms with E-state index in [0.29, 0.717) is 0 Å². The van der Waals surface area contributed by atoms with E-state index in [2.05, 4.69) is 35.2 Å². The molecule has 1 fully saturated rings. The van der Waals surface area contributed by atoms with Gasteiger partial charge in [0.2, 0.25) is 0 Å². The minimum absolute atomic E-state index is 0.0617. The Morgan fingerprint density at radius 2 is 1.58 bits per heavy atom. The van der Waals surface area contributed by atoms with Crippen LogP contribution in [0.2, 0.25) is 0 Å². The molecule has 4 nitrogen and oxygen atoms in total. The van der Waals surface area contributed by atoms with Crippen molar-refractivity contribution < 1.29 is 9.53 Å². The van der Waals surface area contributed by atoms with Crippen LogP contribution in [0.4, 0.5) is 5.69 Å². The Hall–Kier alpha value is -3.11. The number of rotatable bonds is 6. The highest BCUT2D eigenvalue weighted by Gasteiger charge is 2.30. The number of piperidine rings is 1. The molecule has 3 aromatic rings. The summed E-state index contributed by atoms with van der Waals surface area (Å²) in [7, 11) is 1.66. The second kappa shape index (κ2) is 9.80. The summed E-state index contributed by atoms with van der Waals surface area (Å²) in [5.74, 6) is 0.857. The van der Waals surface area contributed by atoms with Crippen LogP contribution in [0.25, 0.3) is 0 Å². The summed E-state index contributed by atoms with van der Waals surface area (Å²) in [5, 5.41) is 0. The number of nitrogens with zero attached hydrogens (tertiary/aromatic N) is 2. The highest BCUT2D eigenvalue weighted by atomic mass is 16.5. The van der Waals surface area contributed by atoms with Gasteiger partial charge < -0.3 is 9.64 Å². The first kappa shape index (κ1) is 21.1. The lowest BCUT2D eigenvalue weighted by Crippen LogP contribution is -2.47. The molecule has 1 amide bonds. The van der Waals surface area contributed by atoms with E-state index < -0.39 is 0 Å². The minimum Gasteiger partial charge on any atom is -0.497 e. The van der Waals surface area contributed by atoms with Crippen molar-refractivity contribution in [3.05, 3.63) is 95.6 Å². The molecule has 1 aliphatic rings. The third-order valence-electron chi connectivity index (χ3n) is 6.04. The van der Waals surface area contributed by atoms with Gasteiger partial charge in [-0.2, -0.15) is 0 Å². The van der Waals surface area contributed by atoms with E-state index in [1.807, 2.05) is 60.4 Å². The number of benzene rings is 3. The third-order valence-corrected chi connectivity index (χ3v) is 6.04. The first-order valence-corrected chi connectivity index (χ1v) is 10.9. The maximum Gasteiger partial charge on any atom is 0.258 e. The number of ether oxygens (including phenoxy) is 1. The smallest absolute Gasteiger partial charge is 0.258 e. The number of hydrogen-bond donors (Lipinski definition) is 0. The van der Waals surface area contributed by atoms with Crippen molar-refractivity contribution in [3.63, 3.8) is 0 Å². The van der Waals surface area contributed by atoms with Gasteiger partial charge >= 0.3 is 0 Å². The molecule has 0 atom stereocenters. The van der Waals surface area contributed by atoms with Crippen LogP contribution in [-0.2, 0) is 6.54 Å². The molecule has 3 aromatic carbocycles. The molecule has 0 unspecified atom stereocenters. The average Bonchev–Trinajstić information content (AvgIpc) is 2.82. The first-order chi connectivity index (χ1) is 15.1. The molecule has 4 heteroatoms. The summed E-state index contributed by atoms with van der Waals surface area (Å²) in [4.78, 5) is 18.0. The lowest BCUT2D eigenvalue weighted by atomic mass is 10.00. The van der Waals surface area contributed by atoms with E-state index in [9.17, 15) is 4.79 Å². The summed E-state index contributed by atoms with van der Waals surface area (Å²) in [6, 6.07) is 26.5. The van der Waals surface area contributed by atoms with Gasteiger partial charge in [-0.1, -0.05) is 48.0 Å². The summed E-state index contributed by atoms with van der Waals surface area (Å²) in [6.45, 7) is 4.96. The highest BCUT2D eigenvalue weighted by molar-refractivity contribution is 6.06. The zero-order valence-corrected chi connectivity index (χ0v) is 18.3. The van der Waals surface area contributed by atoms with Gasteiger partial charge in [0.25, 0.3) is 5.91 Å². The van der Waals surface area contributed by atoms with Gasteiger partial charge in [-0.05, 0) is 61.7 Å². The van der Waals surface area contributed by atoms with Crippen LogP contribution in [0.1, 0.15) is 34.3 Å². The van der Waals surface area contributed by atoms with E-state index in [1.165, 1.54) is 5.56 Å². The van der Waals surface area contributed by atoms with Crippen LogP contribution in [-0.4, -0.2) is 37.0 Å². The molecular weight excluding hydrogens is 384 g/mol. The van der Waals surface area contributed by atoms with Gasteiger partial charge in [0, 0.05) is 36.9 Å². The van der Waals surface area contributed by atoms with Gasteiger partial charge in [-0.3, -0.25) is 9.69 Å². The molecule has 0 saturated carbocycles. The molecule has 0 N–H and O–H groups in total. The van der Waals surface area contributed by atoms with Gasteiger partial charge in [0.1, 0.15) is 5.75 Å². The summed E-state index contributed by atoms with van der Waals surface area (Å²) < 4.78 is 5.31. The lowest BCUT2D eigenvalue weighted by Gasteiger charge is -2.38. The Bertz CT molecular complexity index is 976. The number of carbonyl (C=O) groups is 1. The van der Waals surface area contributed by atoms with Gasteiger partial charge in [0.15, 0.2) is 0 Å². The monoisotopic (exact) mass is 414 g/mol. The number of carbonyl (C=O) groups excluding carboxylic acids is 1. The Morgan fingerprint density at radius 3 is 2.19 bits per heavy atom. The third kappa shape index (κ3) is 5.15. The fraction of sp³-hybridized carbons (Fsp3) is 0.296. The van der Waals surface area contributed by atoms with E-state index in [1.54, 1.807) is 7.11 Å². The fourth-order valence-electron chi connectivity index (χ4n) is 4.25. The Balaban J connectivity index is 1.53. The van der Waals surface area contributed by atoms with E-state index in [0.717, 1.165) is 55.0 Å². The van der Waals surface area contributed by atoms with Crippen LogP contribution in [0, 0.1) is 6.92 Å². The van der Waals surface area contributed by atoms with Gasteiger partial charge in [-0.15, -0.1) is 0 Å². The predicted octanol–water partition coefficient (Wildman–Crippen LogP) is 5.32. The quantitative estimate of drug-likeness (QED) is 0.548. The summed E-state index contributed by atoms with van der Waals surface area (Å²) in [6.07, 6.45) is 1.91. The van der Waals surface area contributed by atoms with E-state index in [-0.39, 0.29) is 11.9 Å². The van der Waals surface area contributed by atoms with Crippen LogP contribution < -0.4 is 9.64 Å². The molecule has 1 aliphatic heterocycles. The maximum absolute atomic E-state index is 13.6. The Kier molecular flexibility index (Phi) is 6.68. The van der Waals surface area contributed by atoms with Crippen molar-refractivity contribution in [2.24, 2.45) is 0 Å². The molecule has 0 radical (unpaired) electrons. The maximum atomic E-state index is 13.6. The Morgan fingerprint density at radius 1 is 0.935 bits per heavy atom. The average molecular weight is 415 g/mol. The molecule has 0 aromatic heterocycles. The van der Waals surface area contributed by atoms with Crippen molar-refractivity contribution in [2.45, 2.75) is 32.4 Å². The second-order valence-electron chi connectivity index (χ2n) is 8.23.